The molecule has 0 atom stereocenters. The first-order valence-corrected chi connectivity index (χ1v) is 6.09. The number of rotatable bonds is 4. The Balaban J connectivity index is 1.95. The van der Waals surface area contributed by atoms with Crippen LogP contribution in [0.15, 0.2) is 36.5 Å². The van der Waals surface area contributed by atoms with Gasteiger partial charge in [-0.1, -0.05) is 12.1 Å². The third kappa shape index (κ3) is 2.14. The van der Waals surface area contributed by atoms with Gasteiger partial charge in [-0.25, -0.2) is 4.68 Å². The van der Waals surface area contributed by atoms with Gasteiger partial charge in [0, 0.05) is 17.8 Å². The van der Waals surface area contributed by atoms with Crippen molar-refractivity contribution in [3.63, 3.8) is 0 Å². The fraction of sp³-hybridized carbons (Fsp3) is 0.286. The molecule has 4 heteroatoms. The molecule has 1 saturated carbocycles. The molecule has 1 aromatic carbocycles. The lowest BCUT2D eigenvalue weighted by Gasteiger charge is -2.08. The molecule has 1 N–H and O–H groups in total. The lowest BCUT2D eigenvalue weighted by Crippen LogP contribution is -2.04. The van der Waals surface area contributed by atoms with Gasteiger partial charge in [-0.3, -0.25) is 4.79 Å². The number of aromatic nitrogens is 2. The van der Waals surface area contributed by atoms with Crippen molar-refractivity contribution in [2.24, 2.45) is 0 Å². The minimum atomic E-state index is -0.810. The molecule has 2 aromatic rings. The number of nitrogens with zero attached hydrogens (tertiary/aromatic N) is 2. The van der Waals surface area contributed by atoms with E-state index >= 15 is 0 Å². The molecule has 1 fully saturated rings. The number of carboxylic acid groups (broad SMARTS) is 1. The van der Waals surface area contributed by atoms with Gasteiger partial charge in [-0.05, 0) is 36.6 Å². The summed E-state index contributed by atoms with van der Waals surface area (Å²) in [5, 5.41) is 13.2. The lowest BCUT2D eigenvalue weighted by atomic mass is 10.1. The predicted octanol–water partition coefficient (Wildman–Crippen LogP) is 2.38. The minimum absolute atomic E-state index is 0.0495. The molecule has 4 nitrogen and oxygen atoms in total. The Morgan fingerprint density at radius 2 is 2.22 bits per heavy atom. The van der Waals surface area contributed by atoms with Gasteiger partial charge in [0.2, 0.25) is 0 Å². The van der Waals surface area contributed by atoms with Crippen LogP contribution in [0.1, 0.15) is 30.0 Å². The van der Waals surface area contributed by atoms with Gasteiger partial charge < -0.3 is 5.11 Å². The van der Waals surface area contributed by atoms with Gasteiger partial charge in [0.1, 0.15) is 0 Å². The second-order valence-corrected chi connectivity index (χ2v) is 4.68. The van der Waals surface area contributed by atoms with Crippen molar-refractivity contribution in [3.8, 4) is 5.69 Å². The number of carbonyl (C=O) groups is 1. The molecular formula is C14H14N2O2. The van der Waals surface area contributed by atoms with Crippen LogP contribution in [-0.2, 0) is 11.2 Å². The first-order chi connectivity index (χ1) is 8.74. The molecule has 0 bridgehead atoms. The zero-order valence-electron chi connectivity index (χ0n) is 9.91. The molecule has 0 unspecified atom stereocenters. The zero-order valence-corrected chi connectivity index (χ0v) is 9.91. The van der Waals surface area contributed by atoms with E-state index in [1.165, 1.54) is 18.5 Å². The normalized spacial score (nSPS) is 14.7. The molecule has 3 rings (SSSR count). The third-order valence-electron chi connectivity index (χ3n) is 3.18. The molecule has 1 aliphatic rings. The molecule has 1 aliphatic carbocycles. The minimum Gasteiger partial charge on any atom is -0.481 e. The van der Waals surface area contributed by atoms with Crippen LogP contribution in [0.4, 0.5) is 0 Å². The first kappa shape index (κ1) is 11.0. The molecule has 0 spiro atoms. The number of aliphatic carboxylic acids is 1. The Hall–Kier alpha value is -2.10. The van der Waals surface area contributed by atoms with Gasteiger partial charge in [-0.2, -0.15) is 5.10 Å². The van der Waals surface area contributed by atoms with Gasteiger partial charge in [-0.15, -0.1) is 0 Å². The van der Waals surface area contributed by atoms with E-state index in [2.05, 4.69) is 5.10 Å². The Bertz CT molecular complexity index is 585. The molecular weight excluding hydrogens is 228 g/mol. The summed E-state index contributed by atoms with van der Waals surface area (Å²) in [7, 11) is 0. The van der Waals surface area contributed by atoms with Crippen molar-refractivity contribution in [1.29, 1.82) is 0 Å². The number of carboxylic acids is 1. The lowest BCUT2D eigenvalue weighted by molar-refractivity contribution is -0.136. The van der Waals surface area contributed by atoms with E-state index in [9.17, 15) is 4.79 Å². The fourth-order valence-corrected chi connectivity index (χ4v) is 2.19. The zero-order chi connectivity index (χ0) is 12.5. The highest BCUT2D eigenvalue weighted by Gasteiger charge is 2.27. The first-order valence-electron chi connectivity index (χ1n) is 6.09. The second-order valence-electron chi connectivity index (χ2n) is 4.68. The van der Waals surface area contributed by atoms with E-state index in [-0.39, 0.29) is 6.42 Å². The van der Waals surface area contributed by atoms with Gasteiger partial charge in [0.05, 0.1) is 12.1 Å². The van der Waals surface area contributed by atoms with Crippen molar-refractivity contribution >= 4 is 5.97 Å². The SMILES string of the molecule is O=C(O)Cc1cccc(-n2nccc2C2CC2)c1. The van der Waals surface area contributed by atoms with Gasteiger partial charge >= 0.3 is 5.97 Å². The predicted molar refractivity (Wildman–Crippen MR) is 66.9 cm³/mol. The Labute approximate surface area is 105 Å². The summed E-state index contributed by atoms with van der Waals surface area (Å²) >= 11 is 0. The summed E-state index contributed by atoms with van der Waals surface area (Å²) in [6.45, 7) is 0. The molecule has 0 saturated heterocycles. The number of hydrogen-bond donors (Lipinski definition) is 1. The van der Waals surface area contributed by atoms with Crippen LogP contribution in [0.3, 0.4) is 0 Å². The van der Waals surface area contributed by atoms with Crippen LogP contribution in [0.25, 0.3) is 5.69 Å². The van der Waals surface area contributed by atoms with Gasteiger partial charge in [0.25, 0.3) is 0 Å². The van der Waals surface area contributed by atoms with E-state index in [0.29, 0.717) is 5.92 Å². The van der Waals surface area contributed by atoms with E-state index in [1.807, 2.05) is 35.0 Å². The average molecular weight is 242 g/mol. The molecule has 1 heterocycles. The van der Waals surface area contributed by atoms with Crippen LogP contribution in [-0.4, -0.2) is 20.9 Å². The van der Waals surface area contributed by atoms with Crippen LogP contribution in [0.5, 0.6) is 0 Å². The van der Waals surface area contributed by atoms with E-state index < -0.39 is 5.97 Å². The highest BCUT2D eigenvalue weighted by atomic mass is 16.4. The van der Waals surface area contributed by atoms with Crippen molar-refractivity contribution in [3.05, 3.63) is 47.8 Å². The summed E-state index contributed by atoms with van der Waals surface area (Å²) < 4.78 is 1.92. The molecule has 1 aromatic heterocycles. The van der Waals surface area contributed by atoms with Crippen molar-refractivity contribution in [1.82, 2.24) is 9.78 Å². The number of benzene rings is 1. The van der Waals surface area contributed by atoms with Crippen LogP contribution < -0.4 is 0 Å². The third-order valence-corrected chi connectivity index (χ3v) is 3.18. The highest BCUT2D eigenvalue weighted by molar-refractivity contribution is 5.70. The maximum absolute atomic E-state index is 10.7. The Kier molecular flexibility index (Phi) is 2.63. The van der Waals surface area contributed by atoms with Crippen LogP contribution >= 0.6 is 0 Å². The highest BCUT2D eigenvalue weighted by Crippen LogP contribution is 2.40. The van der Waals surface area contributed by atoms with Crippen molar-refractivity contribution in [2.45, 2.75) is 25.2 Å². The summed E-state index contributed by atoms with van der Waals surface area (Å²) in [4.78, 5) is 10.7. The Morgan fingerprint density at radius 1 is 1.39 bits per heavy atom. The molecule has 18 heavy (non-hydrogen) atoms. The standard InChI is InChI=1S/C14H14N2O2/c17-14(18)9-10-2-1-3-12(8-10)16-13(6-7-15-16)11-4-5-11/h1-3,6-8,11H,4-5,9H2,(H,17,18). The molecule has 0 amide bonds. The van der Waals surface area contributed by atoms with E-state index in [0.717, 1.165) is 11.3 Å². The summed E-state index contributed by atoms with van der Waals surface area (Å²) in [5.41, 5.74) is 2.97. The van der Waals surface area contributed by atoms with Crippen molar-refractivity contribution < 1.29 is 9.90 Å². The molecule has 92 valence electrons. The molecule has 0 radical (unpaired) electrons. The maximum atomic E-state index is 10.7. The summed E-state index contributed by atoms with van der Waals surface area (Å²) in [6.07, 6.45) is 4.30. The van der Waals surface area contributed by atoms with Crippen LogP contribution in [0, 0.1) is 0 Å². The van der Waals surface area contributed by atoms with E-state index in [4.69, 9.17) is 5.11 Å². The maximum Gasteiger partial charge on any atom is 0.307 e. The molecule has 0 aliphatic heterocycles. The summed E-state index contributed by atoms with van der Waals surface area (Å²) in [6, 6.07) is 9.61. The largest absolute Gasteiger partial charge is 0.481 e. The average Bonchev–Trinajstić information content (AvgIpc) is 3.06. The topological polar surface area (TPSA) is 55.1 Å². The summed E-state index contributed by atoms with van der Waals surface area (Å²) in [5.74, 6) is -0.189. The van der Waals surface area contributed by atoms with E-state index in [1.54, 1.807) is 6.20 Å². The second kappa shape index (κ2) is 4.29. The van der Waals surface area contributed by atoms with Crippen LogP contribution in [0.2, 0.25) is 0 Å². The smallest absolute Gasteiger partial charge is 0.307 e. The van der Waals surface area contributed by atoms with Gasteiger partial charge in [0.15, 0.2) is 0 Å². The quantitative estimate of drug-likeness (QED) is 0.895. The fourth-order valence-electron chi connectivity index (χ4n) is 2.19. The Morgan fingerprint density at radius 3 is 2.94 bits per heavy atom. The van der Waals surface area contributed by atoms with Crippen molar-refractivity contribution in [2.75, 3.05) is 0 Å². The monoisotopic (exact) mass is 242 g/mol. The number of hydrogen-bond acceptors (Lipinski definition) is 2.